The summed E-state index contributed by atoms with van der Waals surface area (Å²) in [6.07, 6.45) is 1.84. The Hall–Kier alpha value is -1.33. The topological polar surface area (TPSA) is 51.6 Å². The van der Waals surface area contributed by atoms with Crippen LogP contribution in [0.2, 0.25) is 0 Å². The molecule has 0 aliphatic carbocycles. The van der Waals surface area contributed by atoms with Crippen molar-refractivity contribution in [1.29, 1.82) is 0 Å². The van der Waals surface area contributed by atoms with Gasteiger partial charge in [-0.15, -0.1) is 0 Å². The van der Waals surface area contributed by atoms with Gasteiger partial charge in [-0.05, 0) is 19.9 Å². The first-order chi connectivity index (χ1) is 8.98. The van der Waals surface area contributed by atoms with Gasteiger partial charge in [-0.3, -0.25) is 4.90 Å². The fourth-order valence-corrected chi connectivity index (χ4v) is 2.46. The molecule has 5 heteroatoms. The van der Waals surface area contributed by atoms with Crippen LogP contribution < -0.4 is 10.2 Å². The van der Waals surface area contributed by atoms with E-state index in [1.807, 2.05) is 33.2 Å². The zero-order chi connectivity index (χ0) is 13.9. The van der Waals surface area contributed by atoms with Crippen LogP contribution in [-0.2, 0) is 0 Å². The average Bonchev–Trinajstić information content (AvgIpc) is 2.38. The number of anilines is 2. The molecule has 0 aromatic carbocycles. The molecular formula is C14H24N4O. The van der Waals surface area contributed by atoms with Crippen LogP contribution in [0.15, 0.2) is 18.3 Å². The van der Waals surface area contributed by atoms with Gasteiger partial charge in [0.1, 0.15) is 5.82 Å². The summed E-state index contributed by atoms with van der Waals surface area (Å²) in [7, 11) is 1.88. The molecule has 0 amide bonds. The minimum absolute atomic E-state index is 0.613. The van der Waals surface area contributed by atoms with Crippen LogP contribution in [0.4, 0.5) is 11.5 Å². The Balaban J connectivity index is 1.92. The molecule has 0 atom stereocenters. The van der Waals surface area contributed by atoms with Crippen LogP contribution in [0, 0.1) is 0 Å². The first-order valence-corrected chi connectivity index (χ1v) is 6.81. The highest BCUT2D eigenvalue weighted by molar-refractivity contribution is 5.53. The SMILES string of the molecule is CNc1cc(N2CCN(CC(C)(C)O)CC2)ccn1. The Kier molecular flexibility index (Phi) is 4.27. The van der Waals surface area contributed by atoms with Crippen molar-refractivity contribution in [3.63, 3.8) is 0 Å². The summed E-state index contributed by atoms with van der Waals surface area (Å²) in [5.41, 5.74) is 0.597. The van der Waals surface area contributed by atoms with Crippen LogP contribution in [0.25, 0.3) is 0 Å². The molecule has 19 heavy (non-hydrogen) atoms. The van der Waals surface area contributed by atoms with E-state index in [9.17, 15) is 5.11 Å². The van der Waals surface area contributed by atoms with Gasteiger partial charge in [0.05, 0.1) is 5.60 Å². The van der Waals surface area contributed by atoms with Gasteiger partial charge in [0, 0.05) is 57.7 Å². The van der Waals surface area contributed by atoms with E-state index in [1.54, 1.807) is 0 Å². The van der Waals surface area contributed by atoms with Gasteiger partial charge in [-0.2, -0.15) is 0 Å². The van der Waals surface area contributed by atoms with Gasteiger partial charge in [0.15, 0.2) is 0 Å². The quantitative estimate of drug-likeness (QED) is 0.850. The van der Waals surface area contributed by atoms with Crippen molar-refractivity contribution in [3.05, 3.63) is 18.3 Å². The van der Waals surface area contributed by atoms with Crippen LogP contribution in [0.5, 0.6) is 0 Å². The van der Waals surface area contributed by atoms with E-state index in [0.717, 1.165) is 38.5 Å². The standard InChI is InChI=1S/C14H24N4O/c1-14(2,19)11-17-6-8-18(9-7-17)12-4-5-16-13(10-12)15-3/h4-5,10,19H,6-9,11H2,1-3H3,(H,15,16). The number of aliphatic hydroxyl groups is 1. The van der Waals surface area contributed by atoms with E-state index in [-0.39, 0.29) is 0 Å². The maximum Gasteiger partial charge on any atom is 0.127 e. The van der Waals surface area contributed by atoms with Crippen molar-refractivity contribution in [2.45, 2.75) is 19.4 Å². The maximum absolute atomic E-state index is 9.85. The lowest BCUT2D eigenvalue weighted by Crippen LogP contribution is -2.50. The summed E-state index contributed by atoms with van der Waals surface area (Å²) in [6, 6.07) is 4.12. The number of hydrogen-bond acceptors (Lipinski definition) is 5. The smallest absolute Gasteiger partial charge is 0.127 e. The second kappa shape index (κ2) is 5.75. The largest absolute Gasteiger partial charge is 0.389 e. The Labute approximate surface area is 115 Å². The van der Waals surface area contributed by atoms with E-state index in [0.29, 0.717) is 0 Å². The molecular weight excluding hydrogens is 240 g/mol. The minimum Gasteiger partial charge on any atom is -0.389 e. The molecule has 2 N–H and O–H groups in total. The zero-order valence-electron chi connectivity index (χ0n) is 12.1. The number of aromatic nitrogens is 1. The van der Waals surface area contributed by atoms with E-state index in [4.69, 9.17) is 0 Å². The summed E-state index contributed by atoms with van der Waals surface area (Å²) < 4.78 is 0. The molecule has 0 unspecified atom stereocenters. The Morgan fingerprint density at radius 2 is 2.00 bits per heavy atom. The Morgan fingerprint density at radius 3 is 2.58 bits per heavy atom. The van der Waals surface area contributed by atoms with E-state index in [2.05, 4.69) is 26.2 Å². The van der Waals surface area contributed by atoms with Crippen LogP contribution in [-0.4, -0.2) is 60.4 Å². The van der Waals surface area contributed by atoms with Gasteiger partial charge < -0.3 is 15.3 Å². The van der Waals surface area contributed by atoms with Crippen molar-refractivity contribution in [3.8, 4) is 0 Å². The predicted octanol–water partition coefficient (Wildman–Crippen LogP) is 1.02. The highest BCUT2D eigenvalue weighted by Crippen LogP contribution is 2.19. The molecule has 1 aliphatic heterocycles. The van der Waals surface area contributed by atoms with Crippen LogP contribution >= 0.6 is 0 Å². The lowest BCUT2D eigenvalue weighted by atomic mass is 10.1. The molecule has 1 fully saturated rings. The van der Waals surface area contributed by atoms with E-state index >= 15 is 0 Å². The fraction of sp³-hybridized carbons (Fsp3) is 0.643. The molecule has 0 radical (unpaired) electrons. The average molecular weight is 264 g/mol. The highest BCUT2D eigenvalue weighted by Gasteiger charge is 2.22. The summed E-state index contributed by atoms with van der Waals surface area (Å²) in [4.78, 5) is 8.92. The van der Waals surface area contributed by atoms with Gasteiger partial charge in [0.2, 0.25) is 0 Å². The summed E-state index contributed by atoms with van der Waals surface area (Å²) in [5.74, 6) is 0.899. The number of pyridine rings is 1. The molecule has 1 aliphatic rings. The number of hydrogen-bond donors (Lipinski definition) is 2. The summed E-state index contributed by atoms with van der Waals surface area (Å²) in [5, 5.41) is 12.9. The fourth-order valence-electron chi connectivity index (χ4n) is 2.46. The molecule has 0 saturated carbocycles. The third-order valence-electron chi connectivity index (χ3n) is 3.35. The lowest BCUT2D eigenvalue weighted by molar-refractivity contribution is 0.0345. The number of nitrogens with zero attached hydrogens (tertiary/aromatic N) is 3. The first kappa shape index (κ1) is 14.1. The molecule has 0 spiro atoms. The maximum atomic E-state index is 9.85. The summed E-state index contributed by atoms with van der Waals surface area (Å²) in [6.45, 7) is 8.41. The molecule has 0 bridgehead atoms. The molecule has 5 nitrogen and oxygen atoms in total. The number of nitrogens with one attached hydrogen (secondary N) is 1. The highest BCUT2D eigenvalue weighted by atomic mass is 16.3. The van der Waals surface area contributed by atoms with Gasteiger partial charge in [-0.1, -0.05) is 0 Å². The van der Waals surface area contributed by atoms with Gasteiger partial charge in [0.25, 0.3) is 0 Å². The van der Waals surface area contributed by atoms with Crippen molar-refractivity contribution in [2.24, 2.45) is 0 Å². The van der Waals surface area contributed by atoms with Crippen LogP contribution in [0.3, 0.4) is 0 Å². The van der Waals surface area contributed by atoms with E-state index < -0.39 is 5.60 Å². The Morgan fingerprint density at radius 1 is 1.32 bits per heavy atom. The molecule has 106 valence electrons. The molecule has 1 aromatic heterocycles. The predicted molar refractivity (Wildman–Crippen MR) is 78.7 cm³/mol. The first-order valence-electron chi connectivity index (χ1n) is 6.81. The number of piperazine rings is 1. The van der Waals surface area contributed by atoms with Gasteiger partial charge >= 0.3 is 0 Å². The van der Waals surface area contributed by atoms with Crippen molar-refractivity contribution < 1.29 is 5.11 Å². The van der Waals surface area contributed by atoms with Crippen LogP contribution in [0.1, 0.15) is 13.8 Å². The minimum atomic E-state index is -0.613. The number of β-amino-alcohol motifs (C(OH)–C–C–N with tert-alkyl or cyclic N) is 1. The van der Waals surface area contributed by atoms with Crippen molar-refractivity contribution in [2.75, 3.05) is 50.0 Å². The lowest BCUT2D eigenvalue weighted by Gasteiger charge is -2.38. The molecule has 1 saturated heterocycles. The normalized spacial score (nSPS) is 17.6. The Bertz CT molecular complexity index is 408. The zero-order valence-corrected chi connectivity index (χ0v) is 12.1. The molecule has 2 heterocycles. The van der Waals surface area contributed by atoms with Gasteiger partial charge in [-0.25, -0.2) is 4.98 Å². The number of rotatable bonds is 4. The van der Waals surface area contributed by atoms with E-state index in [1.165, 1.54) is 5.69 Å². The third-order valence-corrected chi connectivity index (χ3v) is 3.35. The molecule has 2 rings (SSSR count). The molecule has 1 aromatic rings. The monoisotopic (exact) mass is 264 g/mol. The van der Waals surface area contributed by atoms with Crippen molar-refractivity contribution >= 4 is 11.5 Å². The third kappa shape index (κ3) is 4.08. The summed E-state index contributed by atoms with van der Waals surface area (Å²) >= 11 is 0. The second-order valence-electron chi connectivity index (χ2n) is 5.72. The van der Waals surface area contributed by atoms with Crippen molar-refractivity contribution in [1.82, 2.24) is 9.88 Å². The second-order valence-corrected chi connectivity index (χ2v) is 5.72.